The summed E-state index contributed by atoms with van der Waals surface area (Å²) in [5.74, 6) is 0.744. The summed E-state index contributed by atoms with van der Waals surface area (Å²) >= 11 is 3.11. The zero-order valence-corrected chi connectivity index (χ0v) is 18.9. The third-order valence-corrected chi connectivity index (χ3v) is 6.47. The number of aromatic nitrogens is 1. The van der Waals surface area contributed by atoms with Crippen LogP contribution in [0.15, 0.2) is 51.7 Å². The van der Waals surface area contributed by atoms with Crippen LogP contribution < -0.4 is 10.1 Å². The van der Waals surface area contributed by atoms with E-state index in [9.17, 15) is 4.79 Å². The fraction of sp³-hybridized carbons (Fsp3) is 0.273. The summed E-state index contributed by atoms with van der Waals surface area (Å²) in [7, 11) is 5.70. The fourth-order valence-electron chi connectivity index (χ4n) is 2.91. The van der Waals surface area contributed by atoms with Gasteiger partial charge in [-0.3, -0.25) is 10.1 Å². The molecule has 0 saturated carbocycles. The Morgan fingerprint density at radius 3 is 2.72 bits per heavy atom. The Morgan fingerprint density at radius 2 is 2.00 bits per heavy atom. The molecule has 1 amide bonds. The van der Waals surface area contributed by atoms with Crippen molar-refractivity contribution < 1.29 is 9.53 Å². The molecule has 0 aliphatic heterocycles. The number of hydrogen-bond acceptors (Lipinski definition) is 6. The van der Waals surface area contributed by atoms with Crippen molar-refractivity contribution in [1.82, 2.24) is 9.88 Å². The summed E-state index contributed by atoms with van der Waals surface area (Å²) in [5.41, 5.74) is 3.98. The second-order valence-corrected chi connectivity index (χ2v) is 9.44. The van der Waals surface area contributed by atoms with Crippen molar-refractivity contribution in [2.24, 2.45) is 0 Å². The molecule has 0 radical (unpaired) electrons. The number of carbonyl (C=O) groups excluding carboxylic acids is 1. The van der Waals surface area contributed by atoms with Crippen LogP contribution in [-0.4, -0.2) is 37.0 Å². The highest BCUT2D eigenvalue weighted by atomic mass is 32.2. The standard InChI is InChI=1S/C22H25N3O2S2/c1-14-10-19(15(2)9-18(14)27-5)28-20-12-23-22(29-20)24-21(26)17-8-6-7-16(11-17)13-25(3)4/h6-12H,13H2,1-5H3,(H,23,24,26). The molecule has 0 atom stereocenters. The number of amides is 1. The van der Waals surface area contributed by atoms with Crippen molar-refractivity contribution >= 4 is 34.1 Å². The molecule has 3 aromatic rings. The van der Waals surface area contributed by atoms with Crippen LogP contribution in [0.3, 0.4) is 0 Å². The lowest BCUT2D eigenvalue weighted by molar-refractivity contribution is 0.102. The first-order valence-corrected chi connectivity index (χ1v) is 10.8. The van der Waals surface area contributed by atoms with Crippen molar-refractivity contribution in [3.63, 3.8) is 0 Å². The Bertz CT molecular complexity index is 1020. The first-order chi connectivity index (χ1) is 13.9. The summed E-state index contributed by atoms with van der Waals surface area (Å²) in [4.78, 5) is 20.2. The Balaban J connectivity index is 1.69. The summed E-state index contributed by atoms with van der Waals surface area (Å²) in [6.07, 6.45) is 1.80. The highest BCUT2D eigenvalue weighted by molar-refractivity contribution is 8.01. The summed E-state index contributed by atoms with van der Waals surface area (Å²) < 4.78 is 6.40. The molecular formula is C22H25N3O2S2. The maximum absolute atomic E-state index is 12.6. The molecule has 152 valence electrons. The lowest BCUT2D eigenvalue weighted by Crippen LogP contribution is -2.14. The minimum atomic E-state index is -0.145. The van der Waals surface area contributed by atoms with Gasteiger partial charge in [0.2, 0.25) is 0 Å². The van der Waals surface area contributed by atoms with E-state index >= 15 is 0 Å². The second-order valence-electron chi connectivity index (χ2n) is 7.07. The van der Waals surface area contributed by atoms with Crippen LogP contribution in [0.1, 0.15) is 27.0 Å². The van der Waals surface area contributed by atoms with E-state index in [1.807, 2.05) is 51.4 Å². The van der Waals surface area contributed by atoms with Crippen molar-refractivity contribution in [1.29, 1.82) is 0 Å². The van der Waals surface area contributed by atoms with E-state index in [2.05, 4.69) is 28.2 Å². The van der Waals surface area contributed by atoms with Gasteiger partial charge in [-0.25, -0.2) is 4.98 Å². The van der Waals surface area contributed by atoms with Gasteiger partial charge < -0.3 is 9.64 Å². The van der Waals surface area contributed by atoms with Crippen LogP contribution in [0, 0.1) is 13.8 Å². The number of nitrogens with one attached hydrogen (secondary N) is 1. The Labute approximate surface area is 180 Å². The van der Waals surface area contributed by atoms with Gasteiger partial charge in [-0.05, 0) is 68.9 Å². The molecule has 0 fully saturated rings. The van der Waals surface area contributed by atoms with Gasteiger partial charge in [0.1, 0.15) is 5.75 Å². The summed E-state index contributed by atoms with van der Waals surface area (Å²) in [6, 6.07) is 11.8. The van der Waals surface area contributed by atoms with E-state index in [0.717, 1.165) is 38.1 Å². The smallest absolute Gasteiger partial charge is 0.257 e. The molecule has 29 heavy (non-hydrogen) atoms. The van der Waals surface area contributed by atoms with Gasteiger partial charge in [0.05, 0.1) is 17.5 Å². The first kappa shape index (κ1) is 21.4. The lowest BCUT2D eigenvalue weighted by Gasteiger charge is -2.10. The van der Waals surface area contributed by atoms with Crippen molar-refractivity contribution in [3.05, 3.63) is 64.8 Å². The molecule has 5 nitrogen and oxygen atoms in total. The van der Waals surface area contributed by atoms with E-state index in [-0.39, 0.29) is 5.91 Å². The lowest BCUT2D eigenvalue weighted by atomic mass is 10.1. The van der Waals surface area contributed by atoms with Gasteiger partial charge in [-0.2, -0.15) is 0 Å². The topological polar surface area (TPSA) is 54.5 Å². The number of rotatable bonds is 7. The van der Waals surface area contributed by atoms with Crippen LogP contribution in [0.4, 0.5) is 5.13 Å². The molecular weight excluding hydrogens is 402 g/mol. The SMILES string of the molecule is COc1cc(C)c(Sc2cnc(NC(=O)c3cccc(CN(C)C)c3)s2)cc1C. The van der Waals surface area contributed by atoms with Crippen LogP contribution in [0.2, 0.25) is 0 Å². The average molecular weight is 428 g/mol. The highest BCUT2D eigenvalue weighted by Crippen LogP contribution is 2.38. The van der Waals surface area contributed by atoms with E-state index in [1.165, 1.54) is 11.3 Å². The molecule has 0 bridgehead atoms. The van der Waals surface area contributed by atoms with Crippen molar-refractivity contribution in [2.45, 2.75) is 29.5 Å². The average Bonchev–Trinajstić information content (AvgIpc) is 3.11. The molecule has 0 aliphatic rings. The monoisotopic (exact) mass is 427 g/mol. The van der Waals surface area contributed by atoms with Crippen LogP contribution in [0.25, 0.3) is 0 Å². The minimum absolute atomic E-state index is 0.145. The fourth-order valence-corrected chi connectivity index (χ4v) is 4.91. The van der Waals surface area contributed by atoms with E-state index in [4.69, 9.17) is 4.74 Å². The molecule has 0 spiro atoms. The van der Waals surface area contributed by atoms with Gasteiger partial charge in [0, 0.05) is 17.0 Å². The number of nitrogens with zero attached hydrogens (tertiary/aromatic N) is 2. The summed E-state index contributed by atoms with van der Waals surface area (Å²) in [5, 5.41) is 3.51. The minimum Gasteiger partial charge on any atom is -0.496 e. The zero-order valence-electron chi connectivity index (χ0n) is 17.3. The molecule has 2 aromatic carbocycles. The van der Waals surface area contributed by atoms with Gasteiger partial charge in [0.25, 0.3) is 5.91 Å². The molecule has 3 rings (SSSR count). The van der Waals surface area contributed by atoms with Crippen molar-refractivity contribution in [3.8, 4) is 5.75 Å². The van der Waals surface area contributed by atoms with Crippen molar-refractivity contribution in [2.75, 3.05) is 26.5 Å². The van der Waals surface area contributed by atoms with Gasteiger partial charge >= 0.3 is 0 Å². The number of carbonyl (C=O) groups is 1. The Morgan fingerprint density at radius 1 is 1.21 bits per heavy atom. The van der Waals surface area contributed by atoms with Crippen LogP contribution in [0.5, 0.6) is 5.75 Å². The molecule has 1 heterocycles. The molecule has 7 heteroatoms. The van der Waals surface area contributed by atoms with Gasteiger partial charge in [0.15, 0.2) is 5.13 Å². The van der Waals surface area contributed by atoms with Gasteiger partial charge in [-0.1, -0.05) is 35.2 Å². The largest absolute Gasteiger partial charge is 0.496 e. The Kier molecular flexibility index (Phi) is 6.95. The third kappa shape index (κ3) is 5.59. The highest BCUT2D eigenvalue weighted by Gasteiger charge is 2.12. The number of aryl methyl sites for hydroxylation is 2. The molecule has 1 N–H and O–H groups in total. The molecule has 1 aromatic heterocycles. The Hall–Kier alpha value is -2.35. The normalized spacial score (nSPS) is 11.0. The van der Waals surface area contributed by atoms with E-state index < -0.39 is 0 Å². The predicted octanol–water partition coefficient (Wildman–Crippen LogP) is 5.23. The molecule has 0 unspecified atom stereocenters. The number of ether oxygens (including phenoxy) is 1. The molecule has 0 saturated heterocycles. The number of hydrogen-bond donors (Lipinski definition) is 1. The number of anilines is 1. The number of thiazole rings is 1. The van der Waals surface area contributed by atoms with Gasteiger partial charge in [-0.15, -0.1) is 0 Å². The van der Waals surface area contributed by atoms with E-state index in [1.54, 1.807) is 25.1 Å². The predicted molar refractivity (Wildman–Crippen MR) is 120 cm³/mol. The maximum atomic E-state index is 12.6. The van der Waals surface area contributed by atoms with Crippen LogP contribution >= 0.6 is 23.1 Å². The first-order valence-electron chi connectivity index (χ1n) is 9.19. The third-order valence-electron chi connectivity index (χ3n) is 4.30. The maximum Gasteiger partial charge on any atom is 0.257 e. The molecule has 0 aliphatic carbocycles. The second kappa shape index (κ2) is 9.43. The quantitative estimate of drug-likeness (QED) is 0.559. The van der Waals surface area contributed by atoms with Crippen LogP contribution in [-0.2, 0) is 6.54 Å². The zero-order chi connectivity index (χ0) is 21.0. The number of benzene rings is 2. The summed E-state index contributed by atoms with van der Waals surface area (Å²) in [6.45, 7) is 4.89. The number of methoxy groups -OCH3 is 1. The van der Waals surface area contributed by atoms with E-state index in [0.29, 0.717) is 10.7 Å².